The zero-order valence-corrected chi connectivity index (χ0v) is 14.1. The molecule has 5 rings (SSSR count). The molecule has 5 heteroatoms. The Kier molecular flexibility index (Phi) is 2.61. The Hall–Kier alpha value is -2.82. The van der Waals surface area contributed by atoms with Crippen LogP contribution in [0.15, 0.2) is 36.4 Å². The van der Waals surface area contributed by atoms with Crippen molar-refractivity contribution in [2.45, 2.75) is 19.9 Å². The van der Waals surface area contributed by atoms with Crippen LogP contribution >= 0.6 is 0 Å². The van der Waals surface area contributed by atoms with E-state index in [1.807, 2.05) is 6.07 Å². The van der Waals surface area contributed by atoms with Crippen molar-refractivity contribution < 1.29 is 9.30 Å². The molecule has 120 valence electrons. The third kappa shape index (κ3) is 1.54. The van der Waals surface area contributed by atoms with Gasteiger partial charge in [-0.2, -0.15) is 4.57 Å². The summed E-state index contributed by atoms with van der Waals surface area (Å²) in [7, 11) is 3.85. The van der Waals surface area contributed by atoms with Crippen molar-refractivity contribution in [2.75, 3.05) is 7.11 Å². The topological polar surface area (TPSA) is 35.9 Å². The highest BCUT2D eigenvalue weighted by atomic mass is 16.5. The lowest BCUT2D eigenvalue weighted by molar-refractivity contribution is -0.640. The second-order valence-corrected chi connectivity index (χ2v) is 6.37. The molecule has 1 aliphatic rings. The lowest BCUT2D eigenvalue weighted by atomic mass is 10.2. The Labute approximate surface area is 139 Å². The number of aromatic nitrogens is 4. The van der Waals surface area contributed by atoms with E-state index in [-0.39, 0.29) is 0 Å². The number of imidazole rings is 2. The van der Waals surface area contributed by atoms with Gasteiger partial charge < -0.3 is 4.74 Å². The molecule has 2 aromatic carbocycles. The van der Waals surface area contributed by atoms with Gasteiger partial charge in [-0.05, 0) is 31.2 Å². The number of hydrogen-bond acceptors (Lipinski definition) is 2. The first-order valence-electron chi connectivity index (χ1n) is 8.23. The quantitative estimate of drug-likeness (QED) is 0.506. The van der Waals surface area contributed by atoms with Crippen molar-refractivity contribution in [3.05, 3.63) is 47.8 Å². The van der Waals surface area contributed by atoms with E-state index in [0.29, 0.717) is 0 Å². The number of ether oxygens (including phenoxy) is 1. The average molecular weight is 319 g/mol. The van der Waals surface area contributed by atoms with Crippen LogP contribution in [0, 0.1) is 6.92 Å². The fraction of sp³-hybridized carbons (Fsp3) is 0.263. The van der Waals surface area contributed by atoms with Gasteiger partial charge in [-0.1, -0.05) is 12.1 Å². The molecule has 3 heterocycles. The summed E-state index contributed by atoms with van der Waals surface area (Å²) in [6.07, 6.45) is 0.933. The summed E-state index contributed by atoms with van der Waals surface area (Å²) in [5.74, 6) is 3.18. The monoisotopic (exact) mass is 319 g/mol. The SMILES string of the molecule is COc1ccc2nc3n(c2c1C)-c1n(c2ccccc2[n+]1C)CC3. The number of hydrogen-bond donors (Lipinski definition) is 0. The van der Waals surface area contributed by atoms with Crippen molar-refractivity contribution in [3.8, 4) is 11.7 Å². The van der Waals surface area contributed by atoms with Crippen molar-refractivity contribution in [1.82, 2.24) is 14.1 Å². The van der Waals surface area contributed by atoms with Crippen LogP contribution in [0.25, 0.3) is 28.0 Å². The summed E-state index contributed by atoms with van der Waals surface area (Å²) >= 11 is 0. The van der Waals surface area contributed by atoms with E-state index in [1.165, 1.54) is 11.0 Å². The van der Waals surface area contributed by atoms with Gasteiger partial charge in [0, 0.05) is 5.56 Å². The second kappa shape index (κ2) is 4.60. The van der Waals surface area contributed by atoms with E-state index < -0.39 is 0 Å². The number of para-hydroxylation sites is 2. The van der Waals surface area contributed by atoms with Crippen LogP contribution in [0.2, 0.25) is 0 Å². The minimum Gasteiger partial charge on any atom is -0.496 e. The van der Waals surface area contributed by atoms with Gasteiger partial charge >= 0.3 is 5.95 Å². The number of methoxy groups -OCH3 is 1. The maximum Gasteiger partial charge on any atom is 0.371 e. The molecule has 0 atom stereocenters. The van der Waals surface area contributed by atoms with Gasteiger partial charge in [-0.15, -0.1) is 0 Å². The Balaban J connectivity index is 1.96. The molecular formula is C19H19N4O+. The summed E-state index contributed by atoms with van der Waals surface area (Å²) in [5.41, 5.74) is 5.81. The van der Waals surface area contributed by atoms with E-state index in [4.69, 9.17) is 9.72 Å². The van der Waals surface area contributed by atoms with E-state index in [0.717, 1.165) is 47.1 Å². The summed E-state index contributed by atoms with van der Waals surface area (Å²) in [4.78, 5) is 4.88. The summed E-state index contributed by atoms with van der Waals surface area (Å²) in [5, 5.41) is 0. The van der Waals surface area contributed by atoms with Crippen molar-refractivity contribution >= 4 is 22.1 Å². The fourth-order valence-electron chi connectivity index (χ4n) is 4.04. The zero-order chi connectivity index (χ0) is 16.4. The number of nitrogens with zero attached hydrogens (tertiary/aromatic N) is 4. The lowest BCUT2D eigenvalue weighted by Crippen LogP contribution is -2.36. The molecule has 0 unspecified atom stereocenters. The normalized spacial score (nSPS) is 13.3. The van der Waals surface area contributed by atoms with Gasteiger partial charge in [0.1, 0.15) is 27.8 Å². The second-order valence-electron chi connectivity index (χ2n) is 6.37. The first-order valence-corrected chi connectivity index (χ1v) is 8.23. The largest absolute Gasteiger partial charge is 0.496 e. The molecule has 0 bridgehead atoms. The lowest BCUT2D eigenvalue weighted by Gasteiger charge is -2.13. The smallest absolute Gasteiger partial charge is 0.371 e. The number of aryl methyl sites for hydroxylation is 4. The predicted octanol–water partition coefficient (Wildman–Crippen LogP) is 2.68. The average Bonchev–Trinajstić information content (AvgIpc) is 3.12. The first kappa shape index (κ1) is 13.6. The third-order valence-electron chi connectivity index (χ3n) is 5.15. The molecule has 4 aromatic rings. The van der Waals surface area contributed by atoms with Gasteiger partial charge in [-0.3, -0.25) is 0 Å². The molecule has 0 saturated carbocycles. The summed E-state index contributed by atoms with van der Waals surface area (Å²) < 4.78 is 12.5. The standard InChI is InChI=1S/C19H19N4O/c1-12-16(24-3)9-8-13-18(12)23-17(20-13)10-11-22-15-7-5-4-6-14(15)21(2)19(22)23/h4-9H,10-11H2,1-3H3/q+1. The third-order valence-corrected chi connectivity index (χ3v) is 5.15. The van der Waals surface area contributed by atoms with Crippen molar-refractivity contribution in [2.24, 2.45) is 7.05 Å². The van der Waals surface area contributed by atoms with Crippen LogP contribution in [0.5, 0.6) is 5.75 Å². The highest BCUT2D eigenvalue weighted by Crippen LogP contribution is 2.32. The van der Waals surface area contributed by atoms with Crippen molar-refractivity contribution in [1.29, 1.82) is 0 Å². The highest BCUT2D eigenvalue weighted by Gasteiger charge is 2.33. The Morgan fingerprint density at radius 2 is 2.00 bits per heavy atom. The number of benzene rings is 2. The van der Waals surface area contributed by atoms with Crippen LogP contribution in [0.4, 0.5) is 0 Å². The molecule has 0 aliphatic carbocycles. The van der Waals surface area contributed by atoms with Gasteiger partial charge in [-0.25, -0.2) is 14.1 Å². The first-order chi connectivity index (χ1) is 11.7. The van der Waals surface area contributed by atoms with Gasteiger partial charge in [0.25, 0.3) is 0 Å². The molecule has 1 aliphatic heterocycles. The van der Waals surface area contributed by atoms with Crippen LogP contribution in [0.1, 0.15) is 11.4 Å². The van der Waals surface area contributed by atoms with E-state index in [2.05, 4.69) is 58.0 Å². The number of fused-ring (bicyclic) bond motifs is 7. The summed E-state index contributed by atoms with van der Waals surface area (Å²) in [6.45, 7) is 3.06. The molecule has 24 heavy (non-hydrogen) atoms. The Morgan fingerprint density at radius 3 is 2.83 bits per heavy atom. The molecule has 0 saturated heterocycles. The maximum atomic E-state index is 5.54. The van der Waals surface area contributed by atoms with Gasteiger partial charge in [0.2, 0.25) is 0 Å². The zero-order valence-electron chi connectivity index (χ0n) is 14.1. The van der Waals surface area contributed by atoms with Crippen LogP contribution in [-0.2, 0) is 20.0 Å². The van der Waals surface area contributed by atoms with Gasteiger partial charge in [0.05, 0.1) is 27.1 Å². The Bertz CT molecular complexity index is 1120. The molecule has 2 aromatic heterocycles. The fourth-order valence-corrected chi connectivity index (χ4v) is 4.04. The molecular weight excluding hydrogens is 300 g/mol. The van der Waals surface area contributed by atoms with Crippen molar-refractivity contribution in [3.63, 3.8) is 0 Å². The number of rotatable bonds is 1. The molecule has 0 spiro atoms. The molecule has 0 fully saturated rings. The maximum absolute atomic E-state index is 5.54. The van der Waals surface area contributed by atoms with E-state index in [1.54, 1.807) is 7.11 Å². The summed E-state index contributed by atoms with van der Waals surface area (Å²) in [6, 6.07) is 12.6. The van der Waals surface area contributed by atoms with Crippen LogP contribution in [0.3, 0.4) is 0 Å². The predicted molar refractivity (Wildman–Crippen MR) is 92.7 cm³/mol. The minimum atomic E-state index is 0.904. The highest BCUT2D eigenvalue weighted by molar-refractivity contribution is 5.84. The minimum absolute atomic E-state index is 0.904. The molecule has 0 N–H and O–H groups in total. The van der Waals surface area contributed by atoms with E-state index >= 15 is 0 Å². The van der Waals surface area contributed by atoms with Crippen LogP contribution < -0.4 is 9.30 Å². The molecule has 5 nitrogen and oxygen atoms in total. The van der Waals surface area contributed by atoms with Crippen LogP contribution in [-0.4, -0.2) is 21.2 Å². The molecule has 0 radical (unpaired) electrons. The Morgan fingerprint density at radius 1 is 1.17 bits per heavy atom. The molecule has 0 amide bonds. The van der Waals surface area contributed by atoms with E-state index in [9.17, 15) is 0 Å². The van der Waals surface area contributed by atoms with Gasteiger partial charge in [0.15, 0.2) is 5.82 Å².